The van der Waals surface area contributed by atoms with Gasteiger partial charge in [0.05, 0.1) is 5.56 Å². The van der Waals surface area contributed by atoms with Crippen molar-refractivity contribution in [3.63, 3.8) is 0 Å². The maximum Gasteiger partial charge on any atom is 0.344 e. The van der Waals surface area contributed by atoms with Gasteiger partial charge in [0.15, 0.2) is 5.11 Å². The molecular formula is C21H20N2O3S. The van der Waals surface area contributed by atoms with E-state index in [1.165, 1.54) is 0 Å². The zero-order valence-electron chi connectivity index (χ0n) is 15.2. The van der Waals surface area contributed by atoms with Crippen LogP contribution in [0, 0.1) is 6.92 Å². The molecule has 2 aromatic carbocycles. The van der Waals surface area contributed by atoms with Crippen LogP contribution in [0.15, 0.2) is 57.7 Å². The summed E-state index contributed by atoms with van der Waals surface area (Å²) in [6.07, 6.45) is 1.17. The third kappa shape index (κ3) is 4.41. The summed E-state index contributed by atoms with van der Waals surface area (Å²) in [7, 11) is 0. The fourth-order valence-electron chi connectivity index (χ4n) is 2.76. The van der Waals surface area contributed by atoms with Crippen LogP contribution in [0.25, 0.3) is 22.1 Å². The van der Waals surface area contributed by atoms with Gasteiger partial charge in [-0.2, -0.15) is 0 Å². The summed E-state index contributed by atoms with van der Waals surface area (Å²) in [5.41, 5.74) is 3.00. The molecule has 0 saturated carbocycles. The third-order valence-corrected chi connectivity index (χ3v) is 4.37. The number of thiocarbonyl (C=S) groups is 1. The van der Waals surface area contributed by atoms with E-state index in [1.54, 1.807) is 6.07 Å². The van der Waals surface area contributed by atoms with Crippen LogP contribution in [0.2, 0.25) is 0 Å². The van der Waals surface area contributed by atoms with Gasteiger partial charge in [-0.1, -0.05) is 37.3 Å². The summed E-state index contributed by atoms with van der Waals surface area (Å²) in [6, 6.07) is 14.8. The van der Waals surface area contributed by atoms with Gasteiger partial charge in [0.25, 0.3) is 0 Å². The summed E-state index contributed by atoms with van der Waals surface area (Å²) in [5, 5.41) is 6.77. The Balaban J connectivity index is 1.91. The molecule has 0 aliphatic rings. The standard InChI is InChI=1S/C21H20N2O3S/c1-3-6-19(24)23-21(27)22-17-12-14(10-9-13(17)2)16-11-15-7-4-5-8-18(15)26-20(16)25/h4-5,7-12H,3,6H2,1-2H3,(H2,22,23,24,27). The lowest BCUT2D eigenvalue weighted by atomic mass is 10.0. The molecule has 0 aliphatic carbocycles. The normalized spacial score (nSPS) is 10.6. The summed E-state index contributed by atoms with van der Waals surface area (Å²) in [4.78, 5) is 24.1. The van der Waals surface area contributed by atoms with Gasteiger partial charge in [0, 0.05) is 17.5 Å². The van der Waals surface area contributed by atoms with Gasteiger partial charge in [-0.25, -0.2) is 4.79 Å². The number of carbonyl (C=O) groups excluding carboxylic acids is 1. The SMILES string of the molecule is CCCC(=O)NC(=S)Nc1cc(-c2cc3ccccc3oc2=O)ccc1C. The van der Waals surface area contributed by atoms with Crippen molar-refractivity contribution >= 4 is 39.9 Å². The maximum absolute atomic E-state index is 12.4. The van der Waals surface area contributed by atoms with Crippen LogP contribution < -0.4 is 16.3 Å². The van der Waals surface area contributed by atoms with Gasteiger partial charge >= 0.3 is 5.63 Å². The topological polar surface area (TPSA) is 71.3 Å². The average Bonchev–Trinajstić information content (AvgIpc) is 2.63. The van der Waals surface area contributed by atoms with Crippen LogP contribution in [0.4, 0.5) is 5.69 Å². The molecule has 0 bridgehead atoms. The Morgan fingerprint density at radius 3 is 2.70 bits per heavy atom. The quantitative estimate of drug-likeness (QED) is 0.519. The number of hydrogen-bond donors (Lipinski definition) is 2. The number of hydrogen-bond acceptors (Lipinski definition) is 4. The highest BCUT2D eigenvalue weighted by Gasteiger charge is 2.11. The van der Waals surface area contributed by atoms with Crippen LogP contribution in [0.1, 0.15) is 25.3 Å². The predicted octanol–water partition coefficient (Wildman–Crippen LogP) is 4.38. The molecule has 0 aliphatic heterocycles. The van der Waals surface area contributed by atoms with Gasteiger partial charge in [0.2, 0.25) is 5.91 Å². The van der Waals surface area contributed by atoms with Gasteiger partial charge in [-0.3, -0.25) is 4.79 Å². The molecule has 0 fully saturated rings. The van der Waals surface area contributed by atoms with Crippen LogP contribution in [0.3, 0.4) is 0 Å². The van der Waals surface area contributed by atoms with Crippen LogP contribution in [0.5, 0.6) is 0 Å². The third-order valence-electron chi connectivity index (χ3n) is 4.17. The highest BCUT2D eigenvalue weighted by molar-refractivity contribution is 7.80. The molecule has 1 heterocycles. The Bertz CT molecular complexity index is 1070. The molecule has 0 atom stereocenters. The monoisotopic (exact) mass is 380 g/mol. The second-order valence-corrected chi connectivity index (χ2v) is 6.68. The van der Waals surface area contributed by atoms with Crippen molar-refractivity contribution in [2.24, 2.45) is 0 Å². The Morgan fingerprint density at radius 2 is 1.93 bits per heavy atom. The number of rotatable bonds is 4. The zero-order chi connectivity index (χ0) is 19.4. The van der Waals surface area contributed by atoms with Crippen molar-refractivity contribution in [3.8, 4) is 11.1 Å². The number of para-hydroxylation sites is 1. The Labute approximate surface area is 162 Å². The number of amides is 1. The van der Waals surface area contributed by atoms with Gasteiger partial charge in [0.1, 0.15) is 5.58 Å². The molecule has 3 rings (SSSR count). The highest BCUT2D eigenvalue weighted by Crippen LogP contribution is 2.25. The molecule has 0 unspecified atom stereocenters. The van der Waals surface area contributed by atoms with Crippen molar-refractivity contribution in [2.75, 3.05) is 5.32 Å². The molecule has 6 heteroatoms. The maximum atomic E-state index is 12.4. The second kappa shape index (κ2) is 8.14. The predicted molar refractivity (Wildman–Crippen MR) is 112 cm³/mol. The van der Waals surface area contributed by atoms with E-state index in [0.29, 0.717) is 23.1 Å². The van der Waals surface area contributed by atoms with Crippen molar-refractivity contribution < 1.29 is 9.21 Å². The number of aryl methyl sites for hydroxylation is 1. The van der Waals surface area contributed by atoms with Crippen molar-refractivity contribution in [1.82, 2.24) is 5.32 Å². The van der Waals surface area contributed by atoms with Crippen molar-refractivity contribution in [2.45, 2.75) is 26.7 Å². The Morgan fingerprint density at radius 1 is 1.15 bits per heavy atom. The minimum atomic E-state index is -0.401. The number of benzene rings is 2. The molecule has 0 spiro atoms. The fraction of sp³-hybridized carbons (Fsp3) is 0.190. The van der Waals surface area contributed by atoms with Crippen molar-refractivity contribution in [3.05, 3.63) is 64.5 Å². The van der Waals surface area contributed by atoms with E-state index in [9.17, 15) is 9.59 Å². The lowest BCUT2D eigenvalue weighted by Crippen LogP contribution is -2.34. The minimum Gasteiger partial charge on any atom is -0.422 e. The molecule has 0 radical (unpaired) electrons. The van der Waals surface area contributed by atoms with Crippen LogP contribution in [-0.2, 0) is 4.79 Å². The number of nitrogens with one attached hydrogen (secondary N) is 2. The molecule has 5 nitrogen and oxygen atoms in total. The Kier molecular flexibility index (Phi) is 5.66. The number of anilines is 1. The van der Waals surface area contributed by atoms with E-state index in [-0.39, 0.29) is 11.0 Å². The minimum absolute atomic E-state index is 0.126. The molecule has 1 amide bonds. The summed E-state index contributed by atoms with van der Waals surface area (Å²) < 4.78 is 5.42. The summed E-state index contributed by atoms with van der Waals surface area (Å²) in [6.45, 7) is 3.85. The van der Waals surface area contributed by atoms with E-state index in [4.69, 9.17) is 16.6 Å². The first-order chi connectivity index (χ1) is 13.0. The molecular weight excluding hydrogens is 360 g/mol. The van der Waals surface area contributed by atoms with E-state index in [0.717, 1.165) is 23.1 Å². The largest absolute Gasteiger partial charge is 0.422 e. The summed E-state index contributed by atoms with van der Waals surface area (Å²) in [5.74, 6) is -0.126. The zero-order valence-corrected chi connectivity index (χ0v) is 16.0. The molecule has 2 N–H and O–H groups in total. The first-order valence-corrected chi connectivity index (χ1v) is 9.13. The van der Waals surface area contributed by atoms with Crippen LogP contribution in [-0.4, -0.2) is 11.0 Å². The lowest BCUT2D eigenvalue weighted by Gasteiger charge is -2.13. The first-order valence-electron chi connectivity index (χ1n) is 8.72. The molecule has 0 saturated heterocycles. The highest BCUT2D eigenvalue weighted by atomic mass is 32.1. The molecule has 138 valence electrons. The van der Waals surface area contributed by atoms with E-state index >= 15 is 0 Å². The van der Waals surface area contributed by atoms with E-state index < -0.39 is 5.63 Å². The van der Waals surface area contributed by atoms with Crippen molar-refractivity contribution in [1.29, 1.82) is 0 Å². The lowest BCUT2D eigenvalue weighted by molar-refractivity contribution is -0.119. The fourth-order valence-corrected chi connectivity index (χ4v) is 2.98. The van der Waals surface area contributed by atoms with Gasteiger partial charge in [-0.15, -0.1) is 0 Å². The van der Waals surface area contributed by atoms with Crippen LogP contribution >= 0.6 is 12.2 Å². The van der Waals surface area contributed by atoms with E-state index in [1.807, 2.05) is 56.3 Å². The summed E-state index contributed by atoms with van der Waals surface area (Å²) >= 11 is 5.21. The van der Waals surface area contributed by atoms with E-state index in [2.05, 4.69) is 10.6 Å². The first kappa shape index (κ1) is 18.8. The molecule has 3 aromatic rings. The second-order valence-electron chi connectivity index (χ2n) is 6.27. The Hall–Kier alpha value is -2.99. The average molecular weight is 380 g/mol. The number of fused-ring (bicyclic) bond motifs is 1. The molecule has 1 aromatic heterocycles. The smallest absolute Gasteiger partial charge is 0.344 e. The van der Waals surface area contributed by atoms with Gasteiger partial charge < -0.3 is 15.1 Å². The van der Waals surface area contributed by atoms with Gasteiger partial charge in [-0.05, 0) is 54.9 Å². The molecule has 27 heavy (non-hydrogen) atoms. The number of carbonyl (C=O) groups is 1.